The van der Waals surface area contributed by atoms with Gasteiger partial charge in [-0.15, -0.1) is 11.3 Å². The zero-order chi connectivity index (χ0) is 20.5. The SMILES string of the molecule is Cc1ccc(S(=O)(=O)N2CCN(C(C)C(=O)Nc3cccc(Cl)c3Cl)CC2)s1. The highest BCUT2D eigenvalue weighted by molar-refractivity contribution is 7.91. The highest BCUT2D eigenvalue weighted by Crippen LogP contribution is 2.30. The number of hydrogen-bond acceptors (Lipinski definition) is 5. The summed E-state index contributed by atoms with van der Waals surface area (Å²) in [4.78, 5) is 15.5. The molecule has 28 heavy (non-hydrogen) atoms. The van der Waals surface area contributed by atoms with Crippen LogP contribution in [0.25, 0.3) is 0 Å². The van der Waals surface area contributed by atoms with E-state index < -0.39 is 16.1 Å². The van der Waals surface area contributed by atoms with Crippen molar-refractivity contribution < 1.29 is 13.2 Å². The number of nitrogens with zero attached hydrogens (tertiary/aromatic N) is 2. The van der Waals surface area contributed by atoms with Gasteiger partial charge in [0.05, 0.1) is 21.8 Å². The van der Waals surface area contributed by atoms with Crippen molar-refractivity contribution in [1.82, 2.24) is 9.21 Å². The maximum absolute atomic E-state index is 12.7. The second kappa shape index (κ2) is 8.69. The van der Waals surface area contributed by atoms with Crippen LogP contribution < -0.4 is 5.32 Å². The molecule has 6 nitrogen and oxygen atoms in total. The lowest BCUT2D eigenvalue weighted by atomic mass is 10.2. The first-order chi connectivity index (χ1) is 13.2. The summed E-state index contributed by atoms with van der Waals surface area (Å²) < 4.78 is 27.3. The summed E-state index contributed by atoms with van der Waals surface area (Å²) in [5.41, 5.74) is 0.459. The van der Waals surface area contributed by atoms with Crippen molar-refractivity contribution in [1.29, 1.82) is 0 Å². The molecule has 1 aromatic carbocycles. The molecule has 0 radical (unpaired) electrons. The number of carbonyl (C=O) groups excluding carboxylic acids is 1. The summed E-state index contributed by atoms with van der Waals surface area (Å²) >= 11 is 13.4. The Morgan fingerprint density at radius 2 is 1.82 bits per heavy atom. The van der Waals surface area contributed by atoms with Crippen molar-refractivity contribution in [3.8, 4) is 0 Å². The van der Waals surface area contributed by atoms with E-state index in [1.807, 2.05) is 11.8 Å². The van der Waals surface area contributed by atoms with Crippen LogP contribution in [0.15, 0.2) is 34.5 Å². The Morgan fingerprint density at radius 3 is 2.43 bits per heavy atom. The fraction of sp³-hybridized carbons (Fsp3) is 0.389. The highest BCUT2D eigenvalue weighted by atomic mass is 35.5. The number of rotatable bonds is 5. The lowest BCUT2D eigenvalue weighted by molar-refractivity contribution is -0.121. The first kappa shape index (κ1) is 21.5. The van der Waals surface area contributed by atoms with E-state index in [1.54, 1.807) is 37.3 Å². The number of aryl methyl sites for hydroxylation is 1. The number of nitrogens with one attached hydrogen (secondary N) is 1. The molecule has 1 atom stereocenters. The van der Waals surface area contributed by atoms with Crippen LogP contribution in [-0.2, 0) is 14.8 Å². The van der Waals surface area contributed by atoms with Crippen molar-refractivity contribution in [2.24, 2.45) is 0 Å². The molecule has 1 saturated heterocycles. The minimum atomic E-state index is -3.48. The number of piperazine rings is 1. The minimum Gasteiger partial charge on any atom is -0.323 e. The summed E-state index contributed by atoms with van der Waals surface area (Å²) in [6, 6.07) is 8.08. The van der Waals surface area contributed by atoms with Crippen LogP contribution in [0.4, 0.5) is 5.69 Å². The molecule has 3 rings (SSSR count). The van der Waals surface area contributed by atoms with Gasteiger partial charge in [0.2, 0.25) is 5.91 Å². The predicted octanol–water partition coefficient (Wildman–Crippen LogP) is 3.70. The molecular weight excluding hydrogens is 441 g/mol. The summed E-state index contributed by atoms with van der Waals surface area (Å²) in [7, 11) is -3.48. The van der Waals surface area contributed by atoms with E-state index in [9.17, 15) is 13.2 Å². The van der Waals surface area contributed by atoms with Gasteiger partial charge < -0.3 is 5.32 Å². The standard InChI is InChI=1S/C18H21Cl2N3O3S2/c1-12-6-7-16(27-12)28(25,26)23-10-8-22(9-11-23)13(2)18(24)21-15-5-3-4-14(19)17(15)20/h3-7,13H,8-11H2,1-2H3,(H,21,24). The van der Waals surface area contributed by atoms with E-state index >= 15 is 0 Å². The Kier molecular flexibility index (Phi) is 6.69. The summed E-state index contributed by atoms with van der Waals surface area (Å²) in [6.07, 6.45) is 0. The minimum absolute atomic E-state index is 0.214. The molecule has 152 valence electrons. The monoisotopic (exact) mass is 461 g/mol. The molecule has 1 aliphatic rings. The second-order valence-electron chi connectivity index (χ2n) is 6.57. The molecule has 1 aromatic heterocycles. The lowest BCUT2D eigenvalue weighted by Crippen LogP contribution is -2.53. The maximum atomic E-state index is 12.7. The largest absolute Gasteiger partial charge is 0.323 e. The molecule has 2 heterocycles. The van der Waals surface area contributed by atoms with Crippen LogP contribution >= 0.6 is 34.5 Å². The average molecular weight is 462 g/mol. The maximum Gasteiger partial charge on any atom is 0.252 e. The lowest BCUT2D eigenvalue weighted by Gasteiger charge is -2.36. The number of thiophene rings is 1. The van der Waals surface area contributed by atoms with Crippen molar-refractivity contribution in [3.63, 3.8) is 0 Å². The van der Waals surface area contributed by atoms with Gasteiger partial charge in [0, 0.05) is 31.1 Å². The Hall–Kier alpha value is -1.16. The Bertz CT molecular complexity index is 970. The molecule has 2 aromatic rings. The third kappa shape index (κ3) is 4.53. The smallest absolute Gasteiger partial charge is 0.252 e. The van der Waals surface area contributed by atoms with E-state index in [0.717, 1.165) is 4.88 Å². The third-order valence-electron chi connectivity index (χ3n) is 4.72. The molecule has 1 amide bonds. The zero-order valence-corrected chi connectivity index (χ0v) is 18.6. The molecule has 1 unspecified atom stereocenters. The van der Waals surface area contributed by atoms with Crippen LogP contribution in [0.1, 0.15) is 11.8 Å². The molecule has 0 bridgehead atoms. The van der Waals surface area contributed by atoms with Gasteiger partial charge in [-0.1, -0.05) is 29.3 Å². The number of anilines is 1. The first-order valence-corrected chi connectivity index (χ1v) is 11.8. The predicted molar refractivity (Wildman–Crippen MR) is 114 cm³/mol. The molecule has 0 spiro atoms. The number of halogens is 2. The number of carbonyl (C=O) groups is 1. The average Bonchev–Trinajstić information content (AvgIpc) is 3.12. The molecule has 0 aliphatic carbocycles. The van der Waals surface area contributed by atoms with Gasteiger partial charge in [-0.25, -0.2) is 8.42 Å². The molecule has 10 heteroatoms. The van der Waals surface area contributed by atoms with E-state index in [-0.39, 0.29) is 5.91 Å². The van der Waals surface area contributed by atoms with Crippen molar-refractivity contribution in [2.45, 2.75) is 24.1 Å². The van der Waals surface area contributed by atoms with Gasteiger partial charge in [0.1, 0.15) is 4.21 Å². The number of hydrogen-bond donors (Lipinski definition) is 1. The third-order valence-corrected chi connectivity index (χ3v) is 8.91. The fourth-order valence-electron chi connectivity index (χ4n) is 3.01. The summed E-state index contributed by atoms with van der Waals surface area (Å²) in [6.45, 7) is 5.31. The normalized spacial score (nSPS) is 17.4. The van der Waals surface area contributed by atoms with Crippen LogP contribution in [0.5, 0.6) is 0 Å². The summed E-state index contributed by atoms with van der Waals surface area (Å²) in [5.74, 6) is -0.214. The van der Waals surface area contributed by atoms with Crippen LogP contribution in [-0.4, -0.2) is 55.8 Å². The van der Waals surface area contributed by atoms with Crippen LogP contribution in [0.2, 0.25) is 10.0 Å². The van der Waals surface area contributed by atoms with Crippen molar-refractivity contribution >= 4 is 56.2 Å². The van der Waals surface area contributed by atoms with E-state index in [2.05, 4.69) is 5.32 Å². The molecule has 1 N–H and O–H groups in total. The highest BCUT2D eigenvalue weighted by Gasteiger charge is 2.32. The van der Waals surface area contributed by atoms with Gasteiger partial charge in [0.15, 0.2) is 0 Å². The van der Waals surface area contributed by atoms with E-state index in [4.69, 9.17) is 23.2 Å². The Labute approximate surface area is 179 Å². The summed E-state index contributed by atoms with van der Waals surface area (Å²) in [5, 5.41) is 3.46. The van der Waals surface area contributed by atoms with Crippen LogP contribution in [0, 0.1) is 6.92 Å². The number of amides is 1. The van der Waals surface area contributed by atoms with Gasteiger partial charge in [-0.3, -0.25) is 9.69 Å². The van der Waals surface area contributed by atoms with E-state index in [0.29, 0.717) is 46.1 Å². The quantitative estimate of drug-likeness (QED) is 0.736. The molecular formula is C18H21Cl2N3O3S2. The Balaban J connectivity index is 1.61. The molecule has 1 aliphatic heterocycles. The molecule has 0 saturated carbocycles. The van der Waals surface area contributed by atoms with Gasteiger partial charge in [0.25, 0.3) is 10.0 Å². The molecule has 1 fully saturated rings. The Morgan fingerprint density at radius 1 is 1.14 bits per heavy atom. The first-order valence-electron chi connectivity index (χ1n) is 8.75. The fourth-order valence-corrected chi connectivity index (χ4v) is 6.22. The van der Waals surface area contributed by atoms with Gasteiger partial charge >= 0.3 is 0 Å². The van der Waals surface area contributed by atoms with E-state index in [1.165, 1.54) is 15.6 Å². The second-order valence-corrected chi connectivity index (χ2v) is 10.8. The number of sulfonamides is 1. The topological polar surface area (TPSA) is 69.7 Å². The van der Waals surface area contributed by atoms with Gasteiger partial charge in [-0.05, 0) is 38.1 Å². The van der Waals surface area contributed by atoms with Crippen LogP contribution in [0.3, 0.4) is 0 Å². The van der Waals surface area contributed by atoms with Crippen molar-refractivity contribution in [3.05, 3.63) is 45.3 Å². The number of benzene rings is 1. The van der Waals surface area contributed by atoms with Crippen molar-refractivity contribution in [2.75, 3.05) is 31.5 Å². The zero-order valence-electron chi connectivity index (χ0n) is 15.5. The van der Waals surface area contributed by atoms with Gasteiger partial charge in [-0.2, -0.15) is 4.31 Å².